The van der Waals surface area contributed by atoms with Crippen molar-refractivity contribution in [3.63, 3.8) is 0 Å². The summed E-state index contributed by atoms with van der Waals surface area (Å²) in [5.41, 5.74) is 4.88. The number of hydrazone groups is 1. The molecule has 8 heteroatoms. The number of hydrogen-bond donors (Lipinski definition) is 1. The zero-order valence-electron chi connectivity index (χ0n) is 15.3. The first kappa shape index (κ1) is 18.9. The summed E-state index contributed by atoms with van der Waals surface area (Å²) in [6.45, 7) is 1.86. The molecule has 0 spiro atoms. The maximum Gasteiger partial charge on any atom is 0.271 e. The maximum atomic E-state index is 12.3. The van der Waals surface area contributed by atoms with E-state index in [0.29, 0.717) is 28.5 Å². The molecule has 0 radical (unpaired) electrons. The molecule has 2 rings (SSSR count). The van der Waals surface area contributed by atoms with Gasteiger partial charge in [0.2, 0.25) is 5.75 Å². The van der Waals surface area contributed by atoms with Crippen LogP contribution in [-0.4, -0.2) is 38.0 Å². The van der Waals surface area contributed by atoms with Gasteiger partial charge in [-0.15, -0.1) is 0 Å². The van der Waals surface area contributed by atoms with Crippen molar-refractivity contribution in [2.24, 2.45) is 12.1 Å². The molecule has 0 saturated heterocycles. The van der Waals surface area contributed by atoms with Gasteiger partial charge in [0, 0.05) is 23.9 Å². The Hall–Kier alpha value is -3.47. The van der Waals surface area contributed by atoms with E-state index in [2.05, 4.69) is 16.6 Å². The van der Waals surface area contributed by atoms with Crippen molar-refractivity contribution in [2.75, 3.05) is 21.3 Å². The van der Waals surface area contributed by atoms with Gasteiger partial charge in [-0.25, -0.2) is 5.43 Å². The first-order valence-electron chi connectivity index (χ1n) is 7.66. The van der Waals surface area contributed by atoms with Crippen LogP contribution in [0.5, 0.6) is 17.2 Å². The van der Waals surface area contributed by atoms with Crippen molar-refractivity contribution >= 4 is 12.1 Å². The number of nitrogens with zero attached hydrogens (tertiary/aromatic N) is 3. The summed E-state index contributed by atoms with van der Waals surface area (Å²) in [4.78, 5) is 12.3. The lowest BCUT2D eigenvalue weighted by Gasteiger charge is -2.13. The molecule has 0 aliphatic rings. The quantitative estimate of drug-likeness (QED) is 0.630. The number of benzene rings is 1. The minimum atomic E-state index is -0.436. The van der Waals surface area contributed by atoms with Gasteiger partial charge in [-0.3, -0.25) is 4.79 Å². The van der Waals surface area contributed by atoms with Gasteiger partial charge in [0.05, 0.1) is 27.5 Å². The molecule has 0 saturated carbocycles. The molecule has 1 amide bonds. The molecule has 1 heterocycles. The topological polar surface area (TPSA) is 97.9 Å². The average molecular weight is 356 g/mol. The number of carbonyl (C=O) groups is 1. The van der Waals surface area contributed by atoms with Crippen LogP contribution in [0.25, 0.3) is 0 Å². The predicted molar refractivity (Wildman–Crippen MR) is 96.0 cm³/mol. The summed E-state index contributed by atoms with van der Waals surface area (Å²) in [6, 6.07) is 6.86. The van der Waals surface area contributed by atoms with Gasteiger partial charge in [0.15, 0.2) is 11.5 Å². The highest BCUT2D eigenvalue weighted by molar-refractivity contribution is 5.96. The highest BCUT2D eigenvalue weighted by atomic mass is 16.5. The lowest BCUT2D eigenvalue weighted by Crippen LogP contribution is -2.18. The molecule has 1 aromatic carbocycles. The second-order valence-corrected chi connectivity index (χ2v) is 5.35. The zero-order chi connectivity index (χ0) is 19.3. The molecule has 0 fully saturated rings. The van der Waals surface area contributed by atoms with Crippen LogP contribution in [-0.2, 0) is 7.05 Å². The van der Waals surface area contributed by atoms with Crippen molar-refractivity contribution in [3.05, 3.63) is 40.7 Å². The monoisotopic (exact) mass is 356 g/mol. The van der Waals surface area contributed by atoms with E-state index < -0.39 is 5.91 Å². The summed E-state index contributed by atoms with van der Waals surface area (Å²) in [7, 11) is 6.23. The molecule has 0 aliphatic carbocycles. The third kappa shape index (κ3) is 3.62. The Kier molecular flexibility index (Phi) is 5.86. The Morgan fingerprint density at radius 3 is 2.27 bits per heavy atom. The second kappa shape index (κ2) is 8.07. The van der Waals surface area contributed by atoms with E-state index in [-0.39, 0.29) is 0 Å². The Labute approximate surface area is 151 Å². The summed E-state index contributed by atoms with van der Waals surface area (Å²) < 4.78 is 17.4. The Bertz CT molecular complexity index is 868. The van der Waals surface area contributed by atoms with Crippen molar-refractivity contribution in [1.82, 2.24) is 9.99 Å². The molecule has 26 heavy (non-hydrogen) atoms. The first-order valence-corrected chi connectivity index (χ1v) is 7.66. The number of rotatable bonds is 6. The summed E-state index contributed by atoms with van der Waals surface area (Å²) in [5.74, 6) is 0.714. The normalized spacial score (nSPS) is 10.5. The summed E-state index contributed by atoms with van der Waals surface area (Å²) in [6.07, 6.45) is 1.49. The predicted octanol–water partition coefficient (Wildman–Crippen LogP) is 1.99. The Balaban J connectivity index is 2.22. The standard InChI is InChI=1S/C18H20N4O4/c1-11-13(6-14(9-19)22(11)2)10-20-21-18(23)12-7-15(24-3)17(26-5)16(8-12)25-4/h6-8,10H,1-5H3,(H,21,23). The number of hydrogen-bond acceptors (Lipinski definition) is 6. The Morgan fingerprint density at radius 1 is 1.19 bits per heavy atom. The van der Waals surface area contributed by atoms with Crippen molar-refractivity contribution < 1.29 is 19.0 Å². The van der Waals surface area contributed by atoms with Gasteiger partial charge in [-0.05, 0) is 25.1 Å². The molecule has 8 nitrogen and oxygen atoms in total. The lowest BCUT2D eigenvalue weighted by atomic mass is 10.1. The van der Waals surface area contributed by atoms with Crippen LogP contribution in [0, 0.1) is 18.3 Å². The highest BCUT2D eigenvalue weighted by Crippen LogP contribution is 2.38. The van der Waals surface area contributed by atoms with Crippen LogP contribution >= 0.6 is 0 Å². The zero-order valence-corrected chi connectivity index (χ0v) is 15.3. The van der Waals surface area contributed by atoms with Crippen LogP contribution in [0.4, 0.5) is 0 Å². The number of methoxy groups -OCH3 is 3. The van der Waals surface area contributed by atoms with Gasteiger partial charge in [0.25, 0.3) is 5.91 Å². The second-order valence-electron chi connectivity index (χ2n) is 5.35. The minimum Gasteiger partial charge on any atom is -0.493 e. The molecule has 1 N–H and O–H groups in total. The van der Waals surface area contributed by atoms with E-state index in [9.17, 15) is 4.79 Å². The van der Waals surface area contributed by atoms with Gasteiger partial charge in [-0.2, -0.15) is 10.4 Å². The van der Waals surface area contributed by atoms with Crippen LogP contribution < -0.4 is 19.6 Å². The fraction of sp³-hybridized carbons (Fsp3) is 0.278. The average Bonchev–Trinajstić information content (AvgIpc) is 2.94. The maximum absolute atomic E-state index is 12.3. The fourth-order valence-corrected chi connectivity index (χ4v) is 2.40. The minimum absolute atomic E-state index is 0.305. The van der Waals surface area contributed by atoms with Crippen molar-refractivity contribution in [1.29, 1.82) is 5.26 Å². The van der Waals surface area contributed by atoms with Crippen LogP contribution in [0.15, 0.2) is 23.3 Å². The van der Waals surface area contributed by atoms with Crippen LogP contribution in [0.2, 0.25) is 0 Å². The van der Waals surface area contributed by atoms with E-state index in [4.69, 9.17) is 19.5 Å². The number of nitrogens with one attached hydrogen (secondary N) is 1. The summed E-state index contributed by atoms with van der Waals surface area (Å²) in [5, 5.41) is 13.0. The van der Waals surface area contributed by atoms with E-state index in [0.717, 1.165) is 11.3 Å². The molecular formula is C18H20N4O4. The largest absolute Gasteiger partial charge is 0.493 e. The van der Waals surface area contributed by atoms with E-state index in [1.54, 1.807) is 17.7 Å². The molecule has 0 aliphatic heterocycles. The SMILES string of the molecule is COc1cc(C(=O)NN=Cc2cc(C#N)n(C)c2C)cc(OC)c1OC. The summed E-state index contributed by atoms with van der Waals surface area (Å²) >= 11 is 0. The fourth-order valence-electron chi connectivity index (χ4n) is 2.40. The number of amides is 1. The number of ether oxygens (including phenoxy) is 3. The first-order chi connectivity index (χ1) is 12.5. The van der Waals surface area contributed by atoms with Gasteiger partial charge >= 0.3 is 0 Å². The molecule has 2 aromatic rings. The third-order valence-corrected chi connectivity index (χ3v) is 3.99. The molecule has 136 valence electrons. The Morgan fingerprint density at radius 2 is 1.81 bits per heavy atom. The molecule has 0 atom stereocenters. The number of aromatic nitrogens is 1. The molecule has 0 bridgehead atoms. The van der Waals surface area contributed by atoms with Crippen LogP contribution in [0.1, 0.15) is 27.3 Å². The highest BCUT2D eigenvalue weighted by Gasteiger charge is 2.16. The van der Waals surface area contributed by atoms with E-state index in [1.807, 2.05) is 6.92 Å². The molecular weight excluding hydrogens is 336 g/mol. The van der Waals surface area contributed by atoms with Crippen molar-refractivity contribution in [2.45, 2.75) is 6.92 Å². The smallest absolute Gasteiger partial charge is 0.271 e. The lowest BCUT2D eigenvalue weighted by molar-refractivity contribution is 0.0954. The van der Waals surface area contributed by atoms with Gasteiger partial charge in [0.1, 0.15) is 11.8 Å². The van der Waals surface area contributed by atoms with Crippen molar-refractivity contribution in [3.8, 4) is 23.3 Å². The van der Waals surface area contributed by atoms with E-state index >= 15 is 0 Å². The number of carbonyl (C=O) groups excluding carboxylic acids is 1. The molecule has 1 aromatic heterocycles. The molecule has 0 unspecified atom stereocenters. The third-order valence-electron chi connectivity index (χ3n) is 3.99. The van der Waals surface area contributed by atoms with Gasteiger partial charge < -0.3 is 18.8 Å². The van der Waals surface area contributed by atoms with Crippen LogP contribution in [0.3, 0.4) is 0 Å². The van der Waals surface area contributed by atoms with Gasteiger partial charge in [-0.1, -0.05) is 0 Å². The number of nitriles is 1. The van der Waals surface area contributed by atoms with E-state index in [1.165, 1.54) is 39.7 Å².